The average Bonchev–Trinajstić information content (AvgIpc) is 3.06. The van der Waals surface area contributed by atoms with Crippen LogP contribution in [-0.4, -0.2) is 56.8 Å². The smallest absolute Gasteiger partial charge is 0.257 e. The Kier molecular flexibility index (Phi) is 8.62. The van der Waals surface area contributed by atoms with Gasteiger partial charge in [-0.1, -0.05) is 18.2 Å². The number of nitrogens with zero attached hydrogens (tertiary/aromatic N) is 1. The maximum Gasteiger partial charge on any atom is 0.257 e. The van der Waals surface area contributed by atoms with Crippen LogP contribution in [0.1, 0.15) is 33.5 Å². The normalized spacial score (nSPS) is 13.0. The first-order valence-corrected chi connectivity index (χ1v) is 15.0. The van der Waals surface area contributed by atoms with Crippen molar-refractivity contribution in [2.45, 2.75) is 26.3 Å². The van der Waals surface area contributed by atoms with Crippen LogP contribution in [0.2, 0.25) is 0 Å². The Morgan fingerprint density at radius 3 is 2.33 bits per heavy atom. The molecule has 0 radical (unpaired) electrons. The number of ether oxygens (including phenoxy) is 4. The molecule has 0 spiro atoms. The standard InChI is InChI=1S/C36H37N3O6/c1-22-8-5-9-26-33(22)38-34-27(35(26)40)10-6-11-28(34)36(41)37-29-13-12-25(20-30(29)42-2)45-17-7-15-39-16-14-23-18-31(43-3)32(44-4)19-24(23)21-39/h5-6,8-13,18-20H,7,14-17,21H2,1-4H3,(H,37,41)(H,38,40). The van der Waals surface area contributed by atoms with E-state index >= 15 is 0 Å². The van der Waals surface area contributed by atoms with Gasteiger partial charge in [-0.15, -0.1) is 0 Å². The van der Waals surface area contributed by atoms with E-state index in [2.05, 4.69) is 27.3 Å². The second kappa shape index (κ2) is 12.9. The second-order valence-electron chi connectivity index (χ2n) is 11.2. The number of rotatable bonds is 10. The minimum absolute atomic E-state index is 0.109. The van der Waals surface area contributed by atoms with Crippen molar-refractivity contribution in [3.05, 3.63) is 99.2 Å². The number of para-hydroxylation sites is 2. The average molecular weight is 608 g/mol. The number of hydrogen-bond acceptors (Lipinski definition) is 7. The van der Waals surface area contributed by atoms with Gasteiger partial charge in [-0.05, 0) is 78.9 Å². The van der Waals surface area contributed by atoms with Crippen LogP contribution in [0.3, 0.4) is 0 Å². The summed E-state index contributed by atoms with van der Waals surface area (Å²) in [5.74, 6) is 2.31. The van der Waals surface area contributed by atoms with Crippen molar-refractivity contribution in [3.63, 3.8) is 0 Å². The van der Waals surface area contributed by atoms with E-state index in [4.69, 9.17) is 18.9 Å². The van der Waals surface area contributed by atoms with E-state index in [1.807, 2.05) is 25.1 Å². The number of aryl methyl sites for hydroxylation is 1. The van der Waals surface area contributed by atoms with Crippen molar-refractivity contribution in [1.82, 2.24) is 9.88 Å². The number of H-pyrrole nitrogens is 1. The Hall–Kier alpha value is -5.02. The highest BCUT2D eigenvalue weighted by atomic mass is 16.5. The molecule has 4 aromatic carbocycles. The number of pyridine rings is 1. The molecule has 9 nitrogen and oxygen atoms in total. The van der Waals surface area contributed by atoms with Gasteiger partial charge in [-0.3, -0.25) is 14.5 Å². The number of carbonyl (C=O) groups excluding carboxylic acids is 1. The van der Waals surface area contributed by atoms with Crippen molar-refractivity contribution in [2.75, 3.05) is 46.3 Å². The molecule has 0 unspecified atom stereocenters. The number of benzene rings is 4. The highest BCUT2D eigenvalue weighted by Gasteiger charge is 2.20. The highest BCUT2D eigenvalue weighted by molar-refractivity contribution is 6.13. The molecule has 1 aromatic heterocycles. The molecule has 6 rings (SSSR count). The minimum atomic E-state index is -0.352. The summed E-state index contributed by atoms with van der Waals surface area (Å²) in [5.41, 5.74) is 5.48. The molecule has 0 fully saturated rings. The van der Waals surface area contributed by atoms with Gasteiger partial charge in [-0.25, -0.2) is 0 Å². The van der Waals surface area contributed by atoms with Gasteiger partial charge in [0.25, 0.3) is 5.91 Å². The fraction of sp³-hybridized carbons (Fsp3) is 0.278. The van der Waals surface area contributed by atoms with E-state index in [-0.39, 0.29) is 11.3 Å². The van der Waals surface area contributed by atoms with Gasteiger partial charge in [0, 0.05) is 36.5 Å². The number of methoxy groups -OCH3 is 3. The van der Waals surface area contributed by atoms with Gasteiger partial charge < -0.3 is 29.2 Å². The van der Waals surface area contributed by atoms with Crippen LogP contribution >= 0.6 is 0 Å². The molecule has 0 saturated heterocycles. The zero-order valence-electron chi connectivity index (χ0n) is 26.0. The third-order valence-electron chi connectivity index (χ3n) is 8.43. The zero-order valence-corrected chi connectivity index (χ0v) is 26.0. The molecule has 0 saturated carbocycles. The summed E-state index contributed by atoms with van der Waals surface area (Å²) in [6.07, 6.45) is 1.82. The molecular formula is C36H37N3O6. The van der Waals surface area contributed by atoms with Gasteiger partial charge in [-0.2, -0.15) is 0 Å². The van der Waals surface area contributed by atoms with E-state index in [1.165, 1.54) is 11.1 Å². The lowest BCUT2D eigenvalue weighted by molar-refractivity contribution is 0.102. The number of amides is 1. The maximum atomic E-state index is 13.5. The first kappa shape index (κ1) is 30.0. The van der Waals surface area contributed by atoms with Crippen molar-refractivity contribution >= 4 is 33.4 Å². The number of aromatic amines is 1. The van der Waals surface area contributed by atoms with Crippen LogP contribution in [0.15, 0.2) is 71.5 Å². The Labute approximate surface area is 261 Å². The number of aromatic nitrogens is 1. The lowest BCUT2D eigenvalue weighted by atomic mass is 9.98. The molecule has 0 atom stereocenters. The lowest BCUT2D eigenvalue weighted by Crippen LogP contribution is -2.32. The molecule has 1 amide bonds. The summed E-state index contributed by atoms with van der Waals surface area (Å²) in [7, 11) is 4.88. The molecule has 0 bridgehead atoms. The van der Waals surface area contributed by atoms with E-state index in [0.717, 1.165) is 55.1 Å². The first-order valence-electron chi connectivity index (χ1n) is 15.0. The number of anilines is 1. The van der Waals surface area contributed by atoms with E-state index in [9.17, 15) is 9.59 Å². The maximum absolute atomic E-state index is 13.5. The topological polar surface area (TPSA) is 102 Å². The lowest BCUT2D eigenvalue weighted by Gasteiger charge is -2.29. The predicted molar refractivity (Wildman–Crippen MR) is 176 cm³/mol. The van der Waals surface area contributed by atoms with Crippen LogP contribution in [0.25, 0.3) is 21.8 Å². The summed E-state index contributed by atoms with van der Waals surface area (Å²) in [5, 5.41) is 4.01. The zero-order chi connectivity index (χ0) is 31.5. The molecule has 1 aliphatic rings. The molecule has 0 aliphatic carbocycles. The SMILES string of the molecule is COc1cc(OCCCN2CCc3cc(OC)c(OC)cc3C2)ccc1NC(=O)c1cccc2c(=O)c3cccc(C)c3[nH]c12. The van der Waals surface area contributed by atoms with Crippen LogP contribution in [0, 0.1) is 6.92 Å². The van der Waals surface area contributed by atoms with Crippen molar-refractivity contribution < 1.29 is 23.7 Å². The number of fused-ring (bicyclic) bond motifs is 3. The van der Waals surface area contributed by atoms with Gasteiger partial charge in [0.2, 0.25) is 0 Å². The summed E-state index contributed by atoms with van der Waals surface area (Å²) < 4.78 is 22.6. The third-order valence-corrected chi connectivity index (χ3v) is 8.43. The number of nitrogens with one attached hydrogen (secondary N) is 2. The monoisotopic (exact) mass is 607 g/mol. The molecule has 1 aliphatic heterocycles. The molecule has 2 heterocycles. The van der Waals surface area contributed by atoms with Crippen LogP contribution in [0.5, 0.6) is 23.0 Å². The van der Waals surface area contributed by atoms with E-state index in [1.54, 1.807) is 57.7 Å². The second-order valence-corrected chi connectivity index (χ2v) is 11.2. The van der Waals surface area contributed by atoms with Crippen molar-refractivity contribution in [1.29, 1.82) is 0 Å². The molecule has 232 valence electrons. The molecule has 5 aromatic rings. The fourth-order valence-electron chi connectivity index (χ4n) is 6.02. The van der Waals surface area contributed by atoms with Gasteiger partial charge in [0.1, 0.15) is 11.5 Å². The predicted octanol–water partition coefficient (Wildman–Crippen LogP) is 6.10. The fourth-order valence-corrected chi connectivity index (χ4v) is 6.02. The summed E-state index contributed by atoms with van der Waals surface area (Å²) >= 11 is 0. The molecule has 9 heteroatoms. The Bertz CT molecular complexity index is 1950. The van der Waals surface area contributed by atoms with Gasteiger partial charge >= 0.3 is 0 Å². The van der Waals surface area contributed by atoms with E-state index in [0.29, 0.717) is 45.6 Å². The summed E-state index contributed by atoms with van der Waals surface area (Å²) in [6.45, 7) is 5.22. The molecular weight excluding hydrogens is 570 g/mol. The summed E-state index contributed by atoms with van der Waals surface area (Å²) in [4.78, 5) is 32.4. The third kappa shape index (κ3) is 6.04. The van der Waals surface area contributed by atoms with Crippen LogP contribution in [-0.2, 0) is 13.0 Å². The number of carbonyl (C=O) groups is 1. The Morgan fingerprint density at radius 2 is 1.58 bits per heavy atom. The number of hydrogen-bond donors (Lipinski definition) is 2. The molecule has 2 N–H and O–H groups in total. The Balaban J connectivity index is 1.09. The minimum Gasteiger partial charge on any atom is -0.494 e. The molecule has 45 heavy (non-hydrogen) atoms. The summed E-state index contributed by atoms with van der Waals surface area (Å²) in [6, 6.07) is 20.3. The van der Waals surface area contributed by atoms with Crippen LogP contribution < -0.4 is 29.7 Å². The van der Waals surface area contributed by atoms with Gasteiger partial charge in [0.05, 0.1) is 50.2 Å². The Morgan fingerprint density at radius 1 is 0.867 bits per heavy atom. The van der Waals surface area contributed by atoms with E-state index < -0.39 is 0 Å². The quantitative estimate of drug-likeness (QED) is 0.146. The largest absolute Gasteiger partial charge is 0.494 e. The first-order chi connectivity index (χ1) is 21.9. The highest BCUT2D eigenvalue weighted by Crippen LogP contribution is 2.34. The van der Waals surface area contributed by atoms with Crippen molar-refractivity contribution in [2.24, 2.45) is 0 Å². The van der Waals surface area contributed by atoms with Crippen molar-refractivity contribution in [3.8, 4) is 23.0 Å². The van der Waals surface area contributed by atoms with Crippen LogP contribution in [0.4, 0.5) is 5.69 Å². The van der Waals surface area contributed by atoms with Gasteiger partial charge in [0.15, 0.2) is 16.9 Å².